The number of amides is 1. The molecule has 0 radical (unpaired) electrons. The van der Waals surface area contributed by atoms with Crippen molar-refractivity contribution in [2.24, 2.45) is 0 Å². The number of hydrogen-bond donors (Lipinski definition) is 2. The maximum absolute atomic E-state index is 12.6. The van der Waals surface area contributed by atoms with Crippen molar-refractivity contribution in [3.05, 3.63) is 78.5 Å². The summed E-state index contributed by atoms with van der Waals surface area (Å²) < 4.78 is 38.7. The van der Waals surface area contributed by atoms with E-state index >= 15 is 0 Å². The lowest BCUT2D eigenvalue weighted by Gasteiger charge is -2.13. The van der Waals surface area contributed by atoms with Gasteiger partial charge in [0.05, 0.1) is 11.0 Å². The molecule has 1 saturated heterocycles. The number of nitrogens with zero attached hydrogens (tertiary/aromatic N) is 1. The van der Waals surface area contributed by atoms with Gasteiger partial charge >= 0.3 is 0 Å². The van der Waals surface area contributed by atoms with Crippen LogP contribution < -0.4 is 14.8 Å². The molecule has 0 unspecified atom stereocenters. The van der Waals surface area contributed by atoms with Crippen molar-refractivity contribution in [2.75, 3.05) is 17.9 Å². The minimum absolute atomic E-state index is 0.0344. The third kappa shape index (κ3) is 5.43. The highest BCUT2D eigenvalue weighted by molar-refractivity contribution is 7.92. The van der Waals surface area contributed by atoms with E-state index in [0.717, 1.165) is 19.4 Å². The molecule has 166 valence electrons. The average molecular weight is 454 g/mol. The van der Waals surface area contributed by atoms with E-state index in [1.54, 1.807) is 54.6 Å². The quantitative estimate of drug-likeness (QED) is 0.540. The van der Waals surface area contributed by atoms with Crippen LogP contribution in [0.4, 0.5) is 5.69 Å². The summed E-state index contributed by atoms with van der Waals surface area (Å²) in [5.74, 6) is 0.283. The molecular formula is C23H23N3O5S. The van der Waals surface area contributed by atoms with Crippen LogP contribution in [0.1, 0.15) is 23.2 Å². The van der Waals surface area contributed by atoms with Crippen LogP contribution in [0.15, 0.2) is 77.8 Å². The normalized spacial score (nSPS) is 15.8. The molecule has 0 saturated carbocycles. The molecule has 1 aromatic heterocycles. The van der Waals surface area contributed by atoms with Crippen molar-refractivity contribution in [3.8, 4) is 11.6 Å². The van der Waals surface area contributed by atoms with E-state index in [-0.39, 0.29) is 22.8 Å². The lowest BCUT2D eigenvalue weighted by Crippen LogP contribution is -2.32. The minimum atomic E-state index is -3.68. The van der Waals surface area contributed by atoms with Crippen molar-refractivity contribution in [2.45, 2.75) is 23.8 Å². The molecule has 2 N–H and O–H groups in total. The molecule has 0 aliphatic carbocycles. The number of hydrogen-bond acceptors (Lipinski definition) is 6. The minimum Gasteiger partial charge on any atom is -0.438 e. The van der Waals surface area contributed by atoms with Crippen LogP contribution in [0.5, 0.6) is 11.6 Å². The van der Waals surface area contributed by atoms with Crippen molar-refractivity contribution in [3.63, 3.8) is 0 Å². The maximum atomic E-state index is 12.6. The standard InChI is InChI=1S/C23H23N3O5S/c27-22(25-16-19-6-5-15-30-19)21-9-4-14-24-23(21)31-18-12-10-17(11-13-18)26-32(28,29)20-7-2-1-3-8-20/h1-4,7-14,19,26H,5-6,15-16H2,(H,25,27)/t19-/m1/s1. The van der Waals surface area contributed by atoms with Gasteiger partial charge in [0.1, 0.15) is 11.3 Å². The van der Waals surface area contributed by atoms with Crippen molar-refractivity contribution >= 4 is 21.6 Å². The third-order valence-corrected chi connectivity index (χ3v) is 6.30. The summed E-state index contributed by atoms with van der Waals surface area (Å²) in [5, 5.41) is 2.86. The predicted octanol–water partition coefficient (Wildman–Crippen LogP) is 3.58. The number of sulfonamides is 1. The molecule has 2 aromatic carbocycles. The average Bonchev–Trinajstić information content (AvgIpc) is 3.33. The first-order chi connectivity index (χ1) is 15.5. The number of carbonyl (C=O) groups excluding carboxylic acids is 1. The van der Waals surface area contributed by atoms with Crippen LogP contribution in [0, 0.1) is 0 Å². The molecule has 1 aliphatic heterocycles. The first kappa shape index (κ1) is 21.8. The van der Waals surface area contributed by atoms with Crippen molar-refractivity contribution < 1.29 is 22.7 Å². The Morgan fingerprint density at radius 2 is 1.84 bits per heavy atom. The van der Waals surface area contributed by atoms with Gasteiger partial charge in [-0.1, -0.05) is 18.2 Å². The van der Waals surface area contributed by atoms with Crippen LogP contribution in [0.25, 0.3) is 0 Å². The zero-order chi connectivity index (χ0) is 22.4. The van der Waals surface area contributed by atoms with Gasteiger partial charge in [-0.3, -0.25) is 9.52 Å². The first-order valence-electron chi connectivity index (χ1n) is 10.2. The van der Waals surface area contributed by atoms with Crippen LogP contribution in [0.3, 0.4) is 0 Å². The van der Waals surface area contributed by atoms with Gasteiger partial charge in [-0.15, -0.1) is 0 Å². The number of pyridine rings is 1. The Labute approximate surface area is 186 Å². The van der Waals surface area contributed by atoms with E-state index in [9.17, 15) is 13.2 Å². The van der Waals surface area contributed by atoms with E-state index in [2.05, 4.69) is 15.0 Å². The number of ether oxygens (including phenoxy) is 2. The molecule has 1 fully saturated rings. The fourth-order valence-corrected chi connectivity index (χ4v) is 4.35. The van der Waals surface area contributed by atoms with Gasteiger partial charge in [0.15, 0.2) is 0 Å². The topological polar surface area (TPSA) is 107 Å². The summed E-state index contributed by atoms with van der Waals surface area (Å²) >= 11 is 0. The van der Waals surface area contributed by atoms with Crippen molar-refractivity contribution in [1.82, 2.24) is 10.3 Å². The highest BCUT2D eigenvalue weighted by Crippen LogP contribution is 2.25. The Hall–Kier alpha value is -3.43. The summed E-state index contributed by atoms with van der Waals surface area (Å²) in [6, 6.07) is 17.8. The van der Waals surface area contributed by atoms with Gasteiger partial charge in [0.25, 0.3) is 15.9 Å². The molecule has 0 spiro atoms. The molecule has 1 amide bonds. The molecule has 1 aliphatic rings. The Bertz CT molecular complexity index is 1160. The third-order valence-electron chi connectivity index (χ3n) is 4.90. The largest absolute Gasteiger partial charge is 0.438 e. The van der Waals surface area contributed by atoms with Crippen molar-refractivity contribution in [1.29, 1.82) is 0 Å². The molecule has 32 heavy (non-hydrogen) atoms. The van der Waals surface area contributed by atoms with E-state index in [1.165, 1.54) is 18.3 Å². The van der Waals surface area contributed by atoms with Crippen LogP contribution in [0.2, 0.25) is 0 Å². The molecule has 8 nitrogen and oxygen atoms in total. The SMILES string of the molecule is O=C(NC[C@H]1CCCO1)c1cccnc1Oc1ccc(NS(=O)(=O)c2ccccc2)cc1. The van der Waals surface area contributed by atoms with E-state index in [4.69, 9.17) is 9.47 Å². The summed E-state index contributed by atoms with van der Waals surface area (Å²) in [5.41, 5.74) is 0.691. The number of nitrogens with one attached hydrogen (secondary N) is 2. The zero-order valence-corrected chi connectivity index (χ0v) is 18.0. The molecule has 2 heterocycles. The summed E-state index contributed by atoms with van der Waals surface area (Å²) in [7, 11) is -3.68. The highest BCUT2D eigenvalue weighted by Gasteiger charge is 2.19. The predicted molar refractivity (Wildman–Crippen MR) is 119 cm³/mol. The Morgan fingerprint density at radius 3 is 2.56 bits per heavy atom. The van der Waals surface area contributed by atoms with Gasteiger partial charge in [0, 0.05) is 25.0 Å². The van der Waals surface area contributed by atoms with E-state index in [0.29, 0.717) is 23.5 Å². The molecule has 3 aromatic rings. The Balaban J connectivity index is 1.42. The summed E-state index contributed by atoms with van der Waals surface area (Å²) in [6.45, 7) is 1.16. The first-order valence-corrected chi connectivity index (χ1v) is 11.7. The van der Waals surface area contributed by atoms with Crippen LogP contribution >= 0.6 is 0 Å². The Kier molecular flexibility index (Phi) is 6.67. The zero-order valence-electron chi connectivity index (χ0n) is 17.2. The lowest BCUT2D eigenvalue weighted by atomic mass is 10.2. The van der Waals surface area contributed by atoms with E-state index in [1.807, 2.05) is 0 Å². The number of anilines is 1. The summed E-state index contributed by atoms with van der Waals surface area (Å²) in [6.07, 6.45) is 3.50. The molecular weight excluding hydrogens is 430 g/mol. The fraction of sp³-hybridized carbons (Fsp3) is 0.217. The molecule has 4 rings (SSSR count). The summed E-state index contributed by atoms with van der Waals surface area (Å²) in [4.78, 5) is 16.9. The fourth-order valence-electron chi connectivity index (χ4n) is 3.27. The smallest absolute Gasteiger partial charge is 0.261 e. The monoisotopic (exact) mass is 453 g/mol. The number of rotatable bonds is 8. The second kappa shape index (κ2) is 9.80. The second-order valence-corrected chi connectivity index (χ2v) is 8.93. The molecule has 0 bridgehead atoms. The van der Waals surface area contributed by atoms with Gasteiger partial charge in [-0.2, -0.15) is 0 Å². The molecule has 9 heteroatoms. The molecule has 1 atom stereocenters. The Morgan fingerprint density at radius 1 is 1.06 bits per heavy atom. The number of aromatic nitrogens is 1. The number of benzene rings is 2. The van der Waals surface area contributed by atoms with Crippen LogP contribution in [-0.2, 0) is 14.8 Å². The van der Waals surface area contributed by atoms with Gasteiger partial charge in [-0.05, 0) is 61.4 Å². The second-order valence-electron chi connectivity index (χ2n) is 7.25. The van der Waals surface area contributed by atoms with Gasteiger partial charge in [-0.25, -0.2) is 13.4 Å². The number of carbonyl (C=O) groups is 1. The van der Waals surface area contributed by atoms with Gasteiger partial charge in [0.2, 0.25) is 5.88 Å². The van der Waals surface area contributed by atoms with Gasteiger partial charge < -0.3 is 14.8 Å². The maximum Gasteiger partial charge on any atom is 0.261 e. The highest BCUT2D eigenvalue weighted by atomic mass is 32.2. The van der Waals surface area contributed by atoms with Crippen LogP contribution in [-0.4, -0.2) is 38.6 Å². The van der Waals surface area contributed by atoms with E-state index < -0.39 is 10.0 Å². The lowest BCUT2D eigenvalue weighted by molar-refractivity contribution is 0.0855.